The molecule has 2 amide bonds. The number of aromatic nitrogens is 4. The van der Waals surface area contributed by atoms with Crippen LogP contribution in [0.4, 0.5) is 11.5 Å². The van der Waals surface area contributed by atoms with Gasteiger partial charge in [-0.3, -0.25) is 19.4 Å². The Balaban J connectivity index is 0.749. The number of phenols is 1. The Labute approximate surface area is 453 Å². The molecule has 5 aromatic rings. The number of piperazine rings is 1. The van der Waals surface area contributed by atoms with Crippen molar-refractivity contribution in [2.45, 2.75) is 102 Å². The molecule has 3 N–H and O–H groups in total. The van der Waals surface area contributed by atoms with Crippen LogP contribution in [0.2, 0.25) is 0 Å². The number of benzene rings is 2. The monoisotopic (exact) mass is 1100 g/mol. The van der Waals surface area contributed by atoms with Gasteiger partial charge in [-0.15, -0.1) is 21.5 Å². The minimum absolute atomic E-state index is 0.0450. The predicted octanol–water partition coefficient (Wildman–Crippen LogP) is 6.39. The Bertz CT molecular complexity index is 2900. The lowest BCUT2D eigenvalue weighted by Crippen LogP contribution is -2.61. The molecular weight excluding hydrogens is 1030 g/mol. The third-order valence-electron chi connectivity index (χ3n) is 15.3. The van der Waals surface area contributed by atoms with Crippen molar-refractivity contribution in [1.82, 2.24) is 40.4 Å². The second kappa shape index (κ2) is 24.1. The third-order valence-corrected chi connectivity index (χ3v) is 19.3. The van der Waals surface area contributed by atoms with Gasteiger partial charge in [-0.2, -0.15) is 0 Å². The maximum atomic E-state index is 14.3. The molecule has 2 aromatic carbocycles. The van der Waals surface area contributed by atoms with Gasteiger partial charge in [0.25, 0.3) is 5.88 Å². The van der Waals surface area contributed by atoms with Gasteiger partial charge in [0.15, 0.2) is 20.4 Å². The fraction of sp³-hybridized carbons (Fsp3) is 0.556. The molecule has 3 fully saturated rings. The van der Waals surface area contributed by atoms with E-state index in [9.17, 15) is 28.2 Å². The highest BCUT2D eigenvalue weighted by Gasteiger charge is 2.44. The number of hydrogen-bond acceptors (Lipinski definition) is 19. The SMILES string of the molecule is Cc1ncsc1-c1ccc(C(C)NC(=O)[C@H]2CC(O)CN2C(=O)C(c2cc(OCCN3CCC(CN4CCN5c6cc(-c7ccccc7O)nnc6N(COC(C)C(C)SS(C)(=O)=O)CC5C4)CC3)no2)C(C)C)cc1. The van der Waals surface area contributed by atoms with Crippen molar-refractivity contribution in [2.24, 2.45) is 11.8 Å². The quantitative estimate of drug-likeness (QED) is 0.0719. The van der Waals surface area contributed by atoms with E-state index in [1.54, 1.807) is 29.5 Å². The van der Waals surface area contributed by atoms with Crippen LogP contribution in [-0.2, 0) is 23.2 Å². The largest absolute Gasteiger partial charge is 0.507 e. The summed E-state index contributed by atoms with van der Waals surface area (Å²) in [5.41, 5.74) is 6.93. The molecule has 0 saturated carbocycles. The topological polar surface area (TPSA) is 220 Å². The standard InChI is InChI=1S/C54H72N10O9S3/c1-33(2)50(54(68)64-30-42(65)24-46(64)53(67)56-34(3)39-12-14-40(15-13-39)51-35(4)55-31-74-51)48-26-49(59-73-48)71-23-22-60-18-16-38(17-19-60)27-61-20-21-63-41(28-61)29-62(32-72-36(5)37(6)75-76(7,69)70)52-45(63)25-44(57-58-52)43-10-8-9-11-47(43)66/h8-15,25-26,31,33-34,36-38,41-42,46,50,65-66H,16-24,27-30,32H2,1-7H3,(H,56,67)/t34?,36?,37?,41?,42?,46-,50?/m1/s1. The Morgan fingerprint density at radius 1 is 0.961 bits per heavy atom. The number of aromatic hydroxyl groups is 1. The number of likely N-dealkylation sites (tertiary alicyclic amines) is 2. The number of carbonyl (C=O) groups is 2. The number of aryl methyl sites for hydroxylation is 1. The summed E-state index contributed by atoms with van der Waals surface area (Å²) in [5.74, 6) is 0.503. The summed E-state index contributed by atoms with van der Waals surface area (Å²) in [7, 11) is -2.34. The molecule has 19 nitrogen and oxygen atoms in total. The number of nitrogens with zero attached hydrogens (tertiary/aromatic N) is 9. The van der Waals surface area contributed by atoms with Crippen LogP contribution in [0, 0.1) is 18.8 Å². The molecule has 0 bridgehead atoms. The molecular formula is C54H72N10O9S3. The van der Waals surface area contributed by atoms with Gasteiger partial charge < -0.3 is 44.2 Å². The van der Waals surface area contributed by atoms with Gasteiger partial charge in [0, 0.05) is 75.4 Å². The number of hydrogen-bond donors (Lipinski definition) is 3. The number of carbonyl (C=O) groups excluding carboxylic acids is 2. The molecule has 7 atom stereocenters. The average molecular weight is 1100 g/mol. The van der Waals surface area contributed by atoms with Crippen LogP contribution in [0.25, 0.3) is 21.7 Å². The van der Waals surface area contributed by atoms with Crippen molar-refractivity contribution < 1.29 is 42.2 Å². The van der Waals surface area contributed by atoms with Crippen molar-refractivity contribution >= 4 is 54.3 Å². The number of amides is 2. The first-order valence-electron chi connectivity index (χ1n) is 26.4. The molecule has 0 radical (unpaired) electrons. The lowest BCUT2D eigenvalue weighted by atomic mass is 9.91. The fourth-order valence-electron chi connectivity index (χ4n) is 11.0. The van der Waals surface area contributed by atoms with Gasteiger partial charge >= 0.3 is 0 Å². The van der Waals surface area contributed by atoms with E-state index in [1.165, 1.54) is 11.2 Å². The lowest BCUT2D eigenvalue weighted by Gasteiger charge is -2.49. The molecule has 4 aliphatic heterocycles. The van der Waals surface area contributed by atoms with E-state index in [4.69, 9.17) is 14.0 Å². The number of ether oxygens (including phenoxy) is 2. The third kappa shape index (κ3) is 13.1. The first-order valence-corrected chi connectivity index (χ1v) is 30.6. The number of aliphatic hydroxyl groups is 1. The van der Waals surface area contributed by atoms with Gasteiger partial charge in [-0.1, -0.05) is 50.2 Å². The molecule has 0 aliphatic carbocycles. The zero-order valence-electron chi connectivity index (χ0n) is 44.4. The molecule has 3 saturated heterocycles. The zero-order chi connectivity index (χ0) is 53.8. The normalized spacial score (nSPS) is 21.3. The van der Waals surface area contributed by atoms with Crippen molar-refractivity contribution in [1.29, 1.82) is 0 Å². The van der Waals surface area contributed by atoms with Gasteiger partial charge in [-0.05, 0) is 111 Å². The summed E-state index contributed by atoms with van der Waals surface area (Å²) < 4.78 is 42.2. The first-order chi connectivity index (χ1) is 36.4. The van der Waals surface area contributed by atoms with Gasteiger partial charge in [0.05, 0.1) is 51.8 Å². The molecule has 76 heavy (non-hydrogen) atoms. The maximum absolute atomic E-state index is 14.3. The summed E-state index contributed by atoms with van der Waals surface area (Å²) in [4.78, 5) is 44.5. The zero-order valence-corrected chi connectivity index (χ0v) is 46.9. The van der Waals surface area contributed by atoms with Crippen LogP contribution in [0.5, 0.6) is 11.6 Å². The van der Waals surface area contributed by atoms with E-state index >= 15 is 0 Å². The minimum atomic E-state index is -3.24. The van der Waals surface area contributed by atoms with E-state index < -0.39 is 26.9 Å². The van der Waals surface area contributed by atoms with Crippen LogP contribution in [0.3, 0.4) is 0 Å². The number of phenolic OH excluding ortho intramolecular Hbond substituents is 1. The molecule has 22 heteroatoms. The second-order valence-electron chi connectivity index (χ2n) is 21.2. The van der Waals surface area contributed by atoms with Crippen molar-refractivity contribution in [3.05, 3.63) is 83.2 Å². The lowest BCUT2D eigenvalue weighted by molar-refractivity contribution is -0.141. The molecule has 7 heterocycles. The number of para-hydroxylation sites is 1. The number of β-amino-alcohol motifs (C(OH)–C–C–N with tert-alkyl or cyclic N) is 1. The van der Waals surface area contributed by atoms with Crippen LogP contribution in [-0.4, -0.2) is 174 Å². The summed E-state index contributed by atoms with van der Waals surface area (Å²) in [5, 5.41) is 37.7. The number of aliphatic hydroxyl groups excluding tert-OH is 1. The summed E-state index contributed by atoms with van der Waals surface area (Å²) in [6, 6.07) is 17.8. The molecule has 9 rings (SSSR count). The highest BCUT2D eigenvalue weighted by Crippen LogP contribution is 2.40. The second-order valence-corrected chi connectivity index (χ2v) is 26.8. The Kier molecular flexibility index (Phi) is 17.6. The number of rotatable bonds is 20. The van der Waals surface area contributed by atoms with Gasteiger partial charge in [0.2, 0.25) is 11.8 Å². The van der Waals surface area contributed by atoms with Gasteiger partial charge in [-0.25, -0.2) is 13.4 Å². The number of thiazole rings is 1. The van der Waals surface area contributed by atoms with Crippen LogP contribution < -0.4 is 19.9 Å². The fourth-order valence-corrected chi connectivity index (χ4v) is 14.7. The summed E-state index contributed by atoms with van der Waals surface area (Å²) in [6.07, 6.45) is 2.31. The smallest absolute Gasteiger partial charge is 0.254 e. The van der Waals surface area contributed by atoms with Crippen molar-refractivity contribution in [3.8, 4) is 33.3 Å². The van der Waals surface area contributed by atoms with Crippen LogP contribution >= 0.6 is 22.1 Å². The van der Waals surface area contributed by atoms with E-state index in [0.29, 0.717) is 54.3 Å². The number of anilines is 2. The first kappa shape index (κ1) is 55.4. The molecule has 0 spiro atoms. The number of nitrogens with one attached hydrogen (secondary N) is 1. The van der Waals surface area contributed by atoms with Gasteiger partial charge in [0.1, 0.15) is 31.0 Å². The van der Waals surface area contributed by atoms with Crippen LogP contribution in [0.1, 0.15) is 82.9 Å². The number of piperidine rings is 1. The molecule has 3 aromatic heterocycles. The van der Waals surface area contributed by atoms with Crippen LogP contribution in [0.15, 0.2) is 70.7 Å². The van der Waals surface area contributed by atoms with Crippen molar-refractivity contribution in [3.63, 3.8) is 0 Å². The van der Waals surface area contributed by atoms with E-state index in [1.807, 2.05) is 89.5 Å². The van der Waals surface area contributed by atoms with E-state index in [-0.39, 0.29) is 66.6 Å². The molecule has 410 valence electrons. The Hall–Kier alpha value is -5.36. The van der Waals surface area contributed by atoms with Crippen molar-refractivity contribution in [2.75, 3.05) is 88.3 Å². The number of fused-ring (bicyclic) bond motifs is 3. The van der Waals surface area contributed by atoms with E-state index in [0.717, 1.165) is 90.3 Å². The highest BCUT2D eigenvalue weighted by molar-refractivity contribution is 8.72. The summed E-state index contributed by atoms with van der Waals surface area (Å²) in [6.45, 7) is 19.0. The highest BCUT2D eigenvalue weighted by atomic mass is 33.1. The molecule has 4 aliphatic rings. The Morgan fingerprint density at radius 2 is 1.72 bits per heavy atom. The Morgan fingerprint density at radius 3 is 2.43 bits per heavy atom. The predicted molar refractivity (Wildman–Crippen MR) is 295 cm³/mol. The maximum Gasteiger partial charge on any atom is 0.254 e. The average Bonchev–Trinajstić information content (AvgIpc) is 4.17. The summed E-state index contributed by atoms with van der Waals surface area (Å²) >= 11 is 1.59. The minimum Gasteiger partial charge on any atom is -0.507 e. The molecule has 6 unspecified atom stereocenters. The van der Waals surface area contributed by atoms with E-state index in [2.05, 4.69) is 45.3 Å².